The van der Waals surface area contributed by atoms with E-state index in [1.54, 1.807) is 0 Å². The quantitative estimate of drug-likeness (QED) is 0.403. The van der Waals surface area contributed by atoms with E-state index in [2.05, 4.69) is 5.32 Å². The van der Waals surface area contributed by atoms with Gasteiger partial charge >= 0.3 is 6.09 Å². The molecule has 0 fully saturated rings. The molecule has 0 atom stereocenters. The van der Waals surface area contributed by atoms with Crippen LogP contribution in [0.15, 0.2) is 24.3 Å². The molecular weight excluding hydrogens is 226 g/mol. The zero-order valence-corrected chi connectivity index (χ0v) is 11.1. The van der Waals surface area contributed by atoms with E-state index in [0.29, 0.717) is 6.54 Å². The molecular formula is C10H15NO4Si. The minimum atomic E-state index is -0.917. The summed E-state index contributed by atoms with van der Waals surface area (Å²) in [5, 5.41) is 10.3. The van der Waals surface area contributed by atoms with E-state index in [4.69, 9.17) is 5.11 Å². The molecule has 0 heterocycles. The minimum Gasteiger partial charge on any atom is -0.465 e. The Morgan fingerprint density at radius 1 is 1.19 bits per heavy atom. The molecule has 0 spiro atoms. The number of carboxylic acid groups (broad SMARTS) is 1. The van der Waals surface area contributed by atoms with Gasteiger partial charge in [-0.25, -0.2) is 4.79 Å². The number of allylic oxidation sites excluding steroid dienone is 4. The van der Waals surface area contributed by atoms with Crippen LogP contribution in [-0.4, -0.2) is 39.6 Å². The Labute approximate surface area is 96.6 Å². The summed E-state index contributed by atoms with van der Waals surface area (Å²) in [7, 11) is 1.17. The number of carbonyl (C=O) groups excluding carboxylic acids is 2. The topological polar surface area (TPSA) is 83.5 Å². The Morgan fingerprint density at radius 2 is 1.62 bits per heavy atom. The Kier molecular flexibility index (Phi) is 7.69. The summed E-state index contributed by atoms with van der Waals surface area (Å²) in [5.74, 6) is -0.241. The second-order valence-electron chi connectivity index (χ2n) is 3.06. The molecule has 16 heavy (non-hydrogen) atoms. The minimum absolute atomic E-state index is 0.121. The van der Waals surface area contributed by atoms with Gasteiger partial charge < -0.3 is 10.4 Å². The highest BCUT2D eigenvalue weighted by Gasteiger charge is 1.97. The van der Waals surface area contributed by atoms with Crippen molar-refractivity contribution in [1.82, 2.24) is 5.32 Å². The van der Waals surface area contributed by atoms with Gasteiger partial charge in [-0.3, -0.25) is 9.59 Å². The Morgan fingerprint density at radius 3 is 1.94 bits per heavy atom. The van der Waals surface area contributed by atoms with E-state index in [-0.39, 0.29) is 11.6 Å². The zero-order valence-electron chi connectivity index (χ0n) is 9.10. The molecule has 2 N–H and O–H groups in total. The molecule has 6 heteroatoms. The lowest BCUT2D eigenvalue weighted by Gasteiger charge is -1.94. The molecule has 0 aliphatic heterocycles. The van der Waals surface area contributed by atoms with Crippen molar-refractivity contribution < 1.29 is 19.5 Å². The van der Waals surface area contributed by atoms with E-state index in [1.807, 2.05) is 0 Å². The van der Waals surface area contributed by atoms with Gasteiger partial charge in [0.25, 0.3) is 0 Å². The van der Waals surface area contributed by atoms with Crippen LogP contribution in [0.2, 0.25) is 6.04 Å². The van der Waals surface area contributed by atoms with Crippen molar-refractivity contribution in [2.75, 3.05) is 6.54 Å². The van der Waals surface area contributed by atoms with Crippen LogP contribution >= 0.6 is 0 Å². The molecule has 0 aromatic rings. The average Bonchev–Trinajstić information content (AvgIpc) is 2.23. The summed E-state index contributed by atoms with van der Waals surface area (Å²) in [6.07, 6.45) is 5.08. The summed E-state index contributed by atoms with van der Waals surface area (Å²) in [6.45, 7) is 0.610. The van der Waals surface area contributed by atoms with Gasteiger partial charge in [-0.1, -0.05) is 6.04 Å². The third-order valence-corrected chi connectivity index (χ3v) is 2.34. The van der Waals surface area contributed by atoms with E-state index in [0.717, 1.165) is 6.42 Å². The molecule has 1 rings (SSSR count). The lowest BCUT2D eigenvalue weighted by Crippen LogP contribution is -2.21. The van der Waals surface area contributed by atoms with Crippen molar-refractivity contribution in [3.63, 3.8) is 0 Å². The molecule has 1 aliphatic rings. The molecule has 0 radical (unpaired) electrons. The lowest BCUT2D eigenvalue weighted by atomic mass is 10.2. The van der Waals surface area contributed by atoms with Crippen molar-refractivity contribution in [3.8, 4) is 0 Å². The highest BCUT2D eigenvalue weighted by molar-refractivity contribution is 6.14. The van der Waals surface area contributed by atoms with Crippen molar-refractivity contribution >= 4 is 27.9 Å². The highest BCUT2D eigenvalue weighted by atomic mass is 28.1. The van der Waals surface area contributed by atoms with Crippen molar-refractivity contribution in [2.24, 2.45) is 0 Å². The third-order valence-electron chi connectivity index (χ3n) is 1.63. The molecule has 1 aliphatic carbocycles. The second-order valence-corrected chi connectivity index (χ2v) is 4.06. The first-order chi connectivity index (χ1) is 7.56. The predicted molar refractivity (Wildman–Crippen MR) is 63.7 cm³/mol. The fourth-order valence-electron chi connectivity index (χ4n) is 0.812. The van der Waals surface area contributed by atoms with Crippen LogP contribution in [-0.2, 0) is 9.59 Å². The summed E-state index contributed by atoms with van der Waals surface area (Å²) in [5.41, 5.74) is 0. The van der Waals surface area contributed by atoms with Gasteiger partial charge in [-0.2, -0.15) is 0 Å². The van der Waals surface area contributed by atoms with Crippen LogP contribution in [0.4, 0.5) is 4.79 Å². The van der Waals surface area contributed by atoms with Crippen molar-refractivity contribution in [3.05, 3.63) is 24.3 Å². The summed E-state index contributed by atoms with van der Waals surface area (Å²) in [6, 6.07) is 1.17. The number of ketones is 2. The Hall–Kier alpha value is -1.69. The van der Waals surface area contributed by atoms with Gasteiger partial charge in [0.05, 0.1) is 0 Å². The molecule has 5 nitrogen and oxygen atoms in total. The lowest BCUT2D eigenvalue weighted by molar-refractivity contribution is -0.113. The van der Waals surface area contributed by atoms with Crippen LogP contribution in [0.3, 0.4) is 0 Å². The predicted octanol–water partition coefficient (Wildman–Crippen LogP) is -0.322. The molecule has 0 saturated heterocycles. The summed E-state index contributed by atoms with van der Waals surface area (Å²) in [4.78, 5) is 30.3. The van der Waals surface area contributed by atoms with Gasteiger partial charge in [0, 0.05) is 16.8 Å². The van der Waals surface area contributed by atoms with Crippen LogP contribution < -0.4 is 5.32 Å². The molecule has 0 aromatic carbocycles. The number of hydrogen-bond donors (Lipinski definition) is 2. The fourth-order valence-corrected chi connectivity index (χ4v) is 1.17. The van der Waals surface area contributed by atoms with Gasteiger partial charge in [0.15, 0.2) is 11.6 Å². The second kappa shape index (κ2) is 8.60. The number of nitrogens with one attached hydrogen (secondary N) is 1. The van der Waals surface area contributed by atoms with E-state index in [1.165, 1.54) is 40.6 Å². The fraction of sp³-hybridized carbons (Fsp3) is 0.300. The highest BCUT2D eigenvalue weighted by Crippen LogP contribution is 1.90. The summed E-state index contributed by atoms with van der Waals surface area (Å²) < 4.78 is 0. The SMILES string of the molecule is O=C(O)NCCC[SiH3].O=C1C=CC(=O)C=C1. The van der Waals surface area contributed by atoms with Crippen LogP contribution in [0, 0.1) is 0 Å². The number of carbonyl (C=O) groups is 3. The van der Waals surface area contributed by atoms with E-state index >= 15 is 0 Å². The molecule has 1 amide bonds. The average molecular weight is 241 g/mol. The van der Waals surface area contributed by atoms with Crippen molar-refractivity contribution in [2.45, 2.75) is 12.5 Å². The maximum Gasteiger partial charge on any atom is 0.404 e. The standard InChI is InChI=1S/C6H4O2.C4H11NO2Si/c7-5-1-2-6(8)4-3-5;6-4(7)5-2-1-3-8/h1-4H;5H,1-3H2,8H3,(H,6,7). The van der Waals surface area contributed by atoms with Crippen LogP contribution in [0.5, 0.6) is 0 Å². The number of hydrogen-bond acceptors (Lipinski definition) is 3. The largest absolute Gasteiger partial charge is 0.465 e. The van der Waals surface area contributed by atoms with Crippen molar-refractivity contribution in [1.29, 1.82) is 0 Å². The molecule has 0 saturated carbocycles. The van der Waals surface area contributed by atoms with Gasteiger partial charge in [0.2, 0.25) is 0 Å². The molecule has 0 unspecified atom stereocenters. The maximum absolute atomic E-state index is 10.3. The van der Waals surface area contributed by atoms with Crippen LogP contribution in [0.25, 0.3) is 0 Å². The van der Waals surface area contributed by atoms with Gasteiger partial charge in [-0.15, -0.1) is 0 Å². The Balaban J connectivity index is 0.000000281. The zero-order chi connectivity index (χ0) is 12.4. The Bertz CT molecular complexity index is 285. The molecule has 88 valence electrons. The smallest absolute Gasteiger partial charge is 0.404 e. The third kappa shape index (κ3) is 8.89. The monoisotopic (exact) mass is 241 g/mol. The first-order valence-electron chi connectivity index (χ1n) is 4.97. The number of amides is 1. The van der Waals surface area contributed by atoms with Gasteiger partial charge in [0.1, 0.15) is 0 Å². The normalized spacial score (nSPS) is 13.2. The first kappa shape index (κ1) is 14.3. The first-order valence-corrected chi connectivity index (χ1v) is 6.38. The maximum atomic E-state index is 10.3. The van der Waals surface area contributed by atoms with E-state index in [9.17, 15) is 14.4 Å². The van der Waals surface area contributed by atoms with Gasteiger partial charge in [-0.05, 0) is 30.7 Å². The van der Waals surface area contributed by atoms with Crippen LogP contribution in [0.1, 0.15) is 6.42 Å². The number of rotatable bonds is 3. The summed E-state index contributed by atoms with van der Waals surface area (Å²) >= 11 is 0. The molecule has 0 bridgehead atoms. The van der Waals surface area contributed by atoms with E-state index < -0.39 is 6.09 Å². The molecule has 0 aromatic heterocycles.